The monoisotopic (exact) mass is 373 g/mol. The largest absolute Gasteiger partial charge is 0.452 e. The Kier molecular flexibility index (Phi) is 6.91. The minimum absolute atomic E-state index is 0.257. The molecule has 7 heteroatoms. The van der Waals surface area contributed by atoms with Crippen LogP contribution in [-0.4, -0.2) is 49.5 Å². The van der Waals surface area contributed by atoms with Crippen LogP contribution < -0.4 is 4.90 Å². The highest BCUT2D eigenvalue weighted by atomic mass is 32.1. The van der Waals surface area contributed by atoms with Gasteiger partial charge in [-0.1, -0.05) is 12.1 Å². The third-order valence-corrected chi connectivity index (χ3v) is 4.45. The van der Waals surface area contributed by atoms with Gasteiger partial charge in [-0.05, 0) is 30.7 Å². The lowest BCUT2D eigenvalue weighted by Gasteiger charge is -2.18. The summed E-state index contributed by atoms with van der Waals surface area (Å²) in [6.07, 6.45) is 2.86. The second-order valence-corrected chi connectivity index (χ2v) is 7.11. The van der Waals surface area contributed by atoms with Gasteiger partial charge in [0.1, 0.15) is 0 Å². The topological polar surface area (TPSA) is 62.7 Å². The first kappa shape index (κ1) is 19.7. The maximum absolute atomic E-state index is 12.1. The maximum atomic E-state index is 12.1. The molecule has 1 amide bonds. The molecule has 0 aliphatic carbocycles. The first-order chi connectivity index (χ1) is 12.3. The molecule has 6 nitrogen and oxygen atoms in total. The number of anilines is 1. The highest BCUT2D eigenvalue weighted by Gasteiger charge is 2.11. The molecule has 26 heavy (non-hydrogen) atoms. The molecule has 0 radical (unpaired) electrons. The molecule has 2 rings (SSSR count). The second-order valence-electron chi connectivity index (χ2n) is 6.04. The molecular weight excluding hydrogens is 350 g/mol. The van der Waals surface area contributed by atoms with Crippen LogP contribution >= 0.6 is 11.3 Å². The van der Waals surface area contributed by atoms with E-state index in [0.717, 1.165) is 16.3 Å². The summed E-state index contributed by atoms with van der Waals surface area (Å²) in [6.45, 7) is 2.06. The van der Waals surface area contributed by atoms with Gasteiger partial charge in [-0.3, -0.25) is 4.79 Å². The number of aryl methyl sites for hydroxylation is 1. The van der Waals surface area contributed by atoms with Crippen LogP contribution in [0.2, 0.25) is 0 Å². The molecule has 138 valence electrons. The van der Waals surface area contributed by atoms with E-state index in [1.54, 1.807) is 13.1 Å². The van der Waals surface area contributed by atoms with Crippen molar-refractivity contribution in [1.29, 1.82) is 0 Å². The van der Waals surface area contributed by atoms with Crippen molar-refractivity contribution < 1.29 is 14.3 Å². The number of carbonyl (C=O) groups excluding carboxylic acids is 2. The Morgan fingerprint density at radius 2 is 1.88 bits per heavy atom. The van der Waals surface area contributed by atoms with E-state index in [2.05, 4.69) is 4.98 Å². The van der Waals surface area contributed by atoms with Crippen LogP contribution in [0.1, 0.15) is 16.3 Å². The molecule has 1 aromatic carbocycles. The van der Waals surface area contributed by atoms with Crippen molar-refractivity contribution in [3.8, 4) is 0 Å². The first-order valence-electron chi connectivity index (χ1n) is 8.12. The molecule has 1 aromatic heterocycles. The standard InChI is InChI=1S/C19H23N3O3S/c1-14-20-16(13-26-14)7-10-19(24)25-12-18(23)22(4)11-15-5-8-17(9-6-15)21(2)3/h5-10,13H,11-12H2,1-4H3/b10-7+. The third kappa shape index (κ3) is 6.00. The zero-order valence-electron chi connectivity index (χ0n) is 15.4. The summed E-state index contributed by atoms with van der Waals surface area (Å²) >= 11 is 1.50. The molecule has 0 atom stereocenters. The quantitative estimate of drug-likeness (QED) is 0.552. The number of aromatic nitrogens is 1. The molecule has 0 aliphatic rings. The van der Waals surface area contributed by atoms with E-state index >= 15 is 0 Å². The van der Waals surface area contributed by atoms with Gasteiger partial charge in [-0.25, -0.2) is 9.78 Å². The van der Waals surface area contributed by atoms with E-state index < -0.39 is 5.97 Å². The summed E-state index contributed by atoms with van der Waals surface area (Å²) in [5.41, 5.74) is 2.81. The van der Waals surface area contributed by atoms with Crippen LogP contribution in [0, 0.1) is 6.92 Å². The predicted octanol–water partition coefficient (Wildman–Crippen LogP) is 2.73. The van der Waals surface area contributed by atoms with E-state index in [0.29, 0.717) is 12.2 Å². The summed E-state index contributed by atoms with van der Waals surface area (Å²) in [5.74, 6) is -0.819. The molecule has 0 unspecified atom stereocenters. The van der Waals surface area contributed by atoms with Crippen molar-refractivity contribution in [2.45, 2.75) is 13.5 Å². The minimum atomic E-state index is -0.562. The lowest BCUT2D eigenvalue weighted by atomic mass is 10.2. The van der Waals surface area contributed by atoms with Crippen LogP contribution in [0.5, 0.6) is 0 Å². The molecule has 0 aliphatic heterocycles. The van der Waals surface area contributed by atoms with Crippen molar-refractivity contribution in [1.82, 2.24) is 9.88 Å². The third-order valence-electron chi connectivity index (χ3n) is 3.66. The molecule has 0 fully saturated rings. The van der Waals surface area contributed by atoms with Crippen LogP contribution in [0.15, 0.2) is 35.7 Å². The Labute approximate surface area is 157 Å². The fourth-order valence-electron chi connectivity index (χ4n) is 2.16. The Bertz CT molecular complexity index is 782. The maximum Gasteiger partial charge on any atom is 0.331 e. The Morgan fingerprint density at radius 1 is 1.19 bits per heavy atom. The van der Waals surface area contributed by atoms with Crippen molar-refractivity contribution in [2.24, 2.45) is 0 Å². The lowest BCUT2D eigenvalue weighted by Crippen LogP contribution is -2.30. The molecule has 1 heterocycles. The van der Waals surface area contributed by atoms with Crippen LogP contribution in [0.25, 0.3) is 6.08 Å². The van der Waals surface area contributed by atoms with Crippen molar-refractivity contribution in [3.63, 3.8) is 0 Å². The van der Waals surface area contributed by atoms with Gasteiger partial charge in [0.2, 0.25) is 0 Å². The van der Waals surface area contributed by atoms with Gasteiger partial charge in [0.25, 0.3) is 5.91 Å². The molecule has 0 spiro atoms. The second kappa shape index (κ2) is 9.15. The molecule has 0 bridgehead atoms. The number of esters is 1. The van der Waals surface area contributed by atoms with Crippen molar-refractivity contribution in [2.75, 3.05) is 32.6 Å². The zero-order chi connectivity index (χ0) is 19.1. The first-order valence-corrected chi connectivity index (χ1v) is 9.00. The van der Waals surface area contributed by atoms with Gasteiger partial charge in [-0.15, -0.1) is 11.3 Å². The van der Waals surface area contributed by atoms with Crippen LogP contribution in [0.4, 0.5) is 5.69 Å². The number of likely N-dealkylation sites (N-methyl/N-ethyl adjacent to an activating group) is 1. The van der Waals surface area contributed by atoms with E-state index in [-0.39, 0.29) is 12.5 Å². The average Bonchev–Trinajstić information content (AvgIpc) is 3.03. The summed E-state index contributed by atoms with van der Waals surface area (Å²) < 4.78 is 4.99. The smallest absolute Gasteiger partial charge is 0.331 e. The molecule has 0 saturated carbocycles. The number of ether oxygens (including phenoxy) is 1. The Balaban J connectivity index is 1.79. The fraction of sp³-hybridized carbons (Fsp3) is 0.316. The van der Waals surface area contributed by atoms with Crippen LogP contribution in [0.3, 0.4) is 0 Å². The molecule has 2 aromatic rings. The SMILES string of the molecule is Cc1nc(/C=C/C(=O)OCC(=O)N(C)Cc2ccc(N(C)C)cc2)cs1. The number of nitrogens with zero attached hydrogens (tertiary/aromatic N) is 3. The van der Waals surface area contributed by atoms with Gasteiger partial charge in [0.15, 0.2) is 6.61 Å². The van der Waals surface area contributed by atoms with Crippen molar-refractivity contribution in [3.05, 3.63) is 52.0 Å². The number of hydrogen-bond donors (Lipinski definition) is 0. The van der Waals surface area contributed by atoms with E-state index in [9.17, 15) is 9.59 Å². The number of rotatable bonds is 7. The molecule has 0 N–H and O–H groups in total. The van der Waals surface area contributed by atoms with Gasteiger partial charge in [0, 0.05) is 44.8 Å². The number of amides is 1. The van der Waals surface area contributed by atoms with E-state index in [1.807, 2.05) is 55.6 Å². The molecular formula is C19H23N3O3S. The molecule has 0 saturated heterocycles. The summed E-state index contributed by atoms with van der Waals surface area (Å²) in [7, 11) is 5.63. The summed E-state index contributed by atoms with van der Waals surface area (Å²) in [6, 6.07) is 7.95. The lowest BCUT2D eigenvalue weighted by molar-refractivity contribution is -0.147. The summed E-state index contributed by atoms with van der Waals surface area (Å²) in [4.78, 5) is 31.6. The van der Waals surface area contributed by atoms with E-state index in [4.69, 9.17) is 4.74 Å². The van der Waals surface area contributed by atoms with Gasteiger partial charge < -0.3 is 14.5 Å². The number of carbonyl (C=O) groups is 2. The van der Waals surface area contributed by atoms with Gasteiger partial charge >= 0.3 is 5.97 Å². The Hall–Kier alpha value is -2.67. The normalized spacial score (nSPS) is 10.8. The Morgan fingerprint density at radius 3 is 2.46 bits per heavy atom. The van der Waals surface area contributed by atoms with Crippen molar-refractivity contribution >= 4 is 35.0 Å². The highest BCUT2D eigenvalue weighted by Crippen LogP contribution is 2.13. The van der Waals surface area contributed by atoms with E-state index in [1.165, 1.54) is 22.3 Å². The number of thiazole rings is 1. The van der Waals surface area contributed by atoms with Crippen LogP contribution in [-0.2, 0) is 20.9 Å². The number of benzene rings is 1. The fourth-order valence-corrected chi connectivity index (χ4v) is 2.74. The zero-order valence-corrected chi connectivity index (χ0v) is 16.2. The van der Waals surface area contributed by atoms with Gasteiger partial charge in [-0.2, -0.15) is 0 Å². The average molecular weight is 373 g/mol. The highest BCUT2D eigenvalue weighted by molar-refractivity contribution is 7.09. The van der Waals surface area contributed by atoms with Gasteiger partial charge in [0.05, 0.1) is 10.7 Å². The number of hydrogen-bond acceptors (Lipinski definition) is 6. The summed E-state index contributed by atoms with van der Waals surface area (Å²) in [5, 5.41) is 2.77. The minimum Gasteiger partial charge on any atom is -0.452 e. The predicted molar refractivity (Wildman–Crippen MR) is 104 cm³/mol.